The van der Waals surface area contributed by atoms with Gasteiger partial charge in [-0.25, -0.2) is 0 Å². The number of hydrogen-bond donors (Lipinski definition) is 0. The average molecular weight is 200 g/mol. The summed E-state index contributed by atoms with van der Waals surface area (Å²) >= 11 is 0. The third kappa shape index (κ3) is 2.94. The van der Waals surface area contributed by atoms with E-state index in [1.807, 2.05) is 6.92 Å². The molecule has 82 valence electrons. The Morgan fingerprint density at radius 3 is 2.71 bits per heavy atom. The molecule has 2 rings (SSSR count). The molecule has 0 aromatic carbocycles. The average Bonchev–Trinajstić information content (AvgIpc) is 2.56. The lowest BCUT2D eigenvalue weighted by atomic mass is 10.3. The SMILES string of the molecule is C[C@@H]1COCC[C@H](OC2CCCC2)O1. The molecule has 3 nitrogen and oxygen atoms in total. The molecule has 14 heavy (non-hydrogen) atoms. The first-order valence-electron chi connectivity index (χ1n) is 5.73. The Labute approximate surface area is 85.7 Å². The van der Waals surface area contributed by atoms with E-state index in [-0.39, 0.29) is 12.4 Å². The maximum Gasteiger partial charge on any atom is 0.160 e. The molecule has 0 unspecified atom stereocenters. The van der Waals surface area contributed by atoms with Crippen LogP contribution in [0.1, 0.15) is 39.0 Å². The van der Waals surface area contributed by atoms with Crippen molar-refractivity contribution in [2.24, 2.45) is 0 Å². The summed E-state index contributed by atoms with van der Waals surface area (Å²) in [6.07, 6.45) is 6.47. The zero-order valence-corrected chi connectivity index (χ0v) is 8.91. The van der Waals surface area contributed by atoms with Gasteiger partial charge in [0, 0.05) is 6.42 Å². The Morgan fingerprint density at radius 1 is 1.14 bits per heavy atom. The highest BCUT2D eigenvalue weighted by atomic mass is 16.7. The third-order valence-electron chi connectivity index (χ3n) is 2.88. The van der Waals surface area contributed by atoms with Crippen LogP contribution in [0.15, 0.2) is 0 Å². The summed E-state index contributed by atoms with van der Waals surface area (Å²) in [5, 5.41) is 0. The fourth-order valence-electron chi connectivity index (χ4n) is 2.13. The van der Waals surface area contributed by atoms with Gasteiger partial charge in [-0.15, -0.1) is 0 Å². The van der Waals surface area contributed by atoms with Crippen LogP contribution in [0.3, 0.4) is 0 Å². The van der Waals surface area contributed by atoms with E-state index in [1.54, 1.807) is 0 Å². The van der Waals surface area contributed by atoms with Gasteiger partial charge in [-0.1, -0.05) is 12.8 Å². The van der Waals surface area contributed by atoms with Crippen LogP contribution in [0.2, 0.25) is 0 Å². The quantitative estimate of drug-likeness (QED) is 0.683. The molecule has 1 saturated heterocycles. The van der Waals surface area contributed by atoms with Crippen LogP contribution in [-0.2, 0) is 14.2 Å². The normalized spacial score (nSPS) is 35.8. The molecular formula is C11H20O3. The van der Waals surface area contributed by atoms with E-state index in [4.69, 9.17) is 14.2 Å². The molecule has 2 fully saturated rings. The van der Waals surface area contributed by atoms with Crippen LogP contribution in [0.4, 0.5) is 0 Å². The molecule has 2 aliphatic rings. The Kier molecular flexibility index (Phi) is 3.79. The molecule has 0 amide bonds. The molecule has 1 heterocycles. The monoisotopic (exact) mass is 200 g/mol. The second-order valence-electron chi connectivity index (χ2n) is 4.28. The van der Waals surface area contributed by atoms with Crippen LogP contribution in [-0.4, -0.2) is 31.7 Å². The Hall–Kier alpha value is -0.120. The first-order valence-corrected chi connectivity index (χ1v) is 5.73. The highest BCUT2D eigenvalue weighted by molar-refractivity contribution is 4.68. The molecule has 0 spiro atoms. The summed E-state index contributed by atoms with van der Waals surface area (Å²) in [5.74, 6) is 0. The van der Waals surface area contributed by atoms with Gasteiger partial charge in [-0.2, -0.15) is 0 Å². The highest BCUT2D eigenvalue weighted by Gasteiger charge is 2.24. The Bertz CT molecular complexity index is 166. The van der Waals surface area contributed by atoms with E-state index < -0.39 is 0 Å². The lowest BCUT2D eigenvalue weighted by Crippen LogP contribution is -2.26. The molecule has 0 bridgehead atoms. The van der Waals surface area contributed by atoms with Gasteiger partial charge in [0.25, 0.3) is 0 Å². The molecule has 0 aromatic rings. The first-order chi connectivity index (χ1) is 6.84. The Balaban J connectivity index is 1.77. The van der Waals surface area contributed by atoms with Crippen LogP contribution >= 0.6 is 0 Å². The maximum absolute atomic E-state index is 5.90. The fourth-order valence-corrected chi connectivity index (χ4v) is 2.13. The summed E-state index contributed by atoms with van der Waals surface area (Å²) in [5.41, 5.74) is 0. The molecular weight excluding hydrogens is 180 g/mol. The zero-order valence-electron chi connectivity index (χ0n) is 8.91. The van der Waals surface area contributed by atoms with E-state index in [0.717, 1.165) is 13.0 Å². The minimum Gasteiger partial charge on any atom is -0.379 e. The number of rotatable bonds is 2. The van der Waals surface area contributed by atoms with Gasteiger partial charge < -0.3 is 14.2 Å². The highest BCUT2D eigenvalue weighted by Crippen LogP contribution is 2.24. The predicted molar refractivity (Wildman–Crippen MR) is 53.1 cm³/mol. The molecule has 1 saturated carbocycles. The zero-order chi connectivity index (χ0) is 9.80. The summed E-state index contributed by atoms with van der Waals surface area (Å²) in [6, 6.07) is 0. The standard InChI is InChI=1S/C11H20O3/c1-9-8-12-7-6-11(13-9)14-10-4-2-3-5-10/h9-11H,2-8H2,1H3/t9-,11+/m1/s1. The van der Waals surface area contributed by atoms with Crippen molar-refractivity contribution in [3.63, 3.8) is 0 Å². The minimum atomic E-state index is -0.0319. The van der Waals surface area contributed by atoms with Crippen LogP contribution in [0.5, 0.6) is 0 Å². The fraction of sp³-hybridized carbons (Fsp3) is 1.00. The lowest BCUT2D eigenvalue weighted by molar-refractivity contribution is -0.184. The molecule has 0 N–H and O–H groups in total. The first kappa shape index (κ1) is 10.4. The molecule has 1 aliphatic heterocycles. The van der Waals surface area contributed by atoms with Crippen molar-refractivity contribution >= 4 is 0 Å². The second kappa shape index (κ2) is 5.10. The van der Waals surface area contributed by atoms with Gasteiger partial charge in [0.2, 0.25) is 0 Å². The molecule has 2 atom stereocenters. The smallest absolute Gasteiger partial charge is 0.160 e. The summed E-state index contributed by atoms with van der Waals surface area (Å²) < 4.78 is 17.0. The van der Waals surface area contributed by atoms with Gasteiger partial charge in [-0.05, 0) is 19.8 Å². The van der Waals surface area contributed by atoms with E-state index in [9.17, 15) is 0 Å². The summed E-state index contributed by atoms with van der Waals surface area (Å²) in [7, 11) is 0. The maximum atomic E-state index is 5.90. The van der Waals surface area contributed by atoms with E-state index in [0.29, 0.717) is 12.7 Å². The van der Waals surface area contributed by atoms with E-state index >= 15 is 0 Å². The van der Waals surface area contributed by atoms with Crippen molar-refractivity contribution in [2.75, 3.05) is 13.2 Å². The van der Waals surface area contributed by atoms with Gasteiger partial charge >= 0.3 is 0 Å². The van der Waals surface area contributed by atoms with Gasteiger partial charge in [0.1, 0.15) is 0 Å². The van der Waals surface area contributed by atoms with Crippen molar-refractivity contribution in [1.82, 2.24) is 0 Å². The second-order valence-corrected chi connectivity index (χ2v) is 4.28. The van der Waals surface area contributed by atoms with Gasteiger partial charge in [0.15, 0.2) is 6.29 Å². The predicted octanol–water partition coefficient (Wildman–Crippen LogP) is 2.10. The lowest BCUT2D eigenvalue weighted by Gasteiger charge is -2.22. The van der Waals surface area contributed by atoms with Gasteiger partial charge in [-0.3, -0.25) is 0 Å². The minimum absolute atomic E-state index is 0.0319. The summed E-state index contributed by atoms with van der Waals surface area (Å²) in [4.78, 5) is 0. The third-order valence-corrected chi connectivity index (χ3v) is 2.88. The van der Waals surface area contributed by atoms with Crippen molar-refractivity contribution in [1.29, 1.82) is 0 Å². The van der Waals surface area contributed by atoms with E-state index in [1.165, 1.54) is 25.7 Å². The Morgan fingerprint density at radius 2 is 1.93 bits per heavy atom. The number of ether oxygens (including phenoxy) is 3. The summed E-state index contributed by atoms with van der Waals surface area (Å²) in [6.45, 7) is 3.50. The van der Waals surface area contributed by atoms with E-state index in [2.05, 4.69) is 0 Å². The van der Waals surface area contributed by atoms with Crippen LogP contribution in [0, 0.1) is 0 Å². The van der Waals surface area contributed by atoms with Crippen LogP contribution in [0.25, 0.3) is 0 Å². The molecule has 1 aliphatic carbocycles. The number of hydrogen-bond acceptors (Lipinski definition) is 3. The van der Waals surface area contributed by atoms with Crippen LogP contribution < -0.4 is 0 Å². The van der Waals surface area contributed by atoms with Crippen molar-refractivity contribution < 1.29 is 14.2 Å². The van der Waals surface area contributed by atoms with Crippen molar-refractivity contribution in [2.45, 2.75) is 57.5 Å². The van der Waals surface area contributed by atoms with Gasteiger partial charge in [0.05, 0.1) is 25.4 Å². The van der Waals surface area contributed by atoms with Crippen molar-refractivity contribution in [3.05, 3.63) is 0 Å². The topological polar surface area (TPSA) is 27.7 Å². The molecule has 0 aromatic heterocycles. The molecule has 0 radical (unpaired) electrons. The molecule has 3 heteroatoms. The largest absolute Gasteiger partial charge is 0.379 e. The van der Waals surface area contributed by atoms with Crippen molar-refractivity contribution in [3.8, 4) is 0 Å².